The highest BCUT2D eigenvalue weighted by molar-refractivity contribution is 7.58. The maximum atomic E-state index is 12.2. The summed E-state index contributed by atoms with van der Waals surface area (Å²) in [5.41, 5.74) is -0.139. The van der Waals surface area contributed by atoms with Crippen LogP contribution in [-0.2, 0) is 9.53 Å². The highest BCUT2D eigenvalue weighted by atomic mass is 31.1. The zero-order valence-corrected chi connectivity index (χ0v) is 12.2. The first kappa shape index (κ1) is 14.0. The molecule has 0 aromatic heterocycles. The summed E-state index contributed by atoms with van der Waals surface area (Å²) in [7, 11) is -0.305. The number of hydrogen-bond acceptors (Lipinski definition) is 2. The molecule has 2 nitrogen and oxygen atoms in total. The van der Waals surface area contributed by atoms with Crippen LogP contribution in [0.2, 0.25) is 0 Å². The van der Waals surface area contributed by atoms with E-state index in [1.54, 1.807) is 0 Å². The van der Waals surface area contributed by atoms with Crippen LogP contribution < -0.4 is 0 Å². The van der Waals surface area contributed by atoms with E-state index in [-0.39, 0.29) is 24.6 Å². The van der Waals surface area contributed by atoms with Crippen molar-refractivity contribution in [3.05, 3.63) is 0 Å². The molecule has 1 aliphatic rings. The van der Waals surface area contributed by atoms with Crippen molar-refractivity contribution < 1.29 is 9.53 Å². The van der Waals surface area contributed by atoms with Gasteiger partial charge in [0.05, 0.1) is 5.16 Å². The van der Waals surface area contributed by atoms with Crippen molar-refractivity contribution in [2.75, 3.05) is 13.3 Å². The highest BCUT2D eigenvalue weighted by Crippen LogP contribution is 2.45. The first-order valence-corrected chi connectivity index (χ1v) is 8.48. The molecule has 3 heteroatoms. The molecule has 0 bridgehead atoms. The summed E-state index contributed by atoms with van der Waals surface area (Å²) in [6.45, 7) is 10.4. The van der Waals surface area contributed by atoms with Crippen LogP contribution in [0.15, 0.2) is 0 Å². The van der Waals surface area contributed by atoms with E-state index in [1.165, 1.54) is 12.8 Å². The molecule has 1 aliphatic carbocycles. The van der Waals surface area contributed by atoms with E-state index in [0.717, 1.165) is 19.3 Å². The van der Waals surface area contributed by atoms with Crippen LogP contribution in [0, 0.1) is 0 Å². The molecular formula is C13H25O2P. The lowest BCUT2D eigenvalue weighted by Crippen LogP contribution is -2.40. The van der Waals surface area contributed by atoms with Crippen LogP contribution in [0.5, 0.6) is 0 Å². The third kappa shape index (κ3) is 2.77. The van der Waals surface area contributed by atoms with Crippen molar-refractivity contribution in [3.63, 3.8) is 0 Å². The minimum Gasteiger partial charge on any atom is -0.458 e. The van der Waals surface area contributed by atoms with Gasteiger partial charge < -0.3 is 4.74 Å². The molecule has 0 aliphatic heterocycles. The average Bonchev–Trinajstić information content (AvgIpc) is 2.66. The standard InChI is InChI=1S/C13H25O2P/c1-6-13(9-7-8-10-13)15-11(14)12(2,3)16(4)5/h6-10H2,1-5H3. The van der Waals surface area contributed by atoms with Crippen molar-refractivity contribution in [1.82, 2.24) is 0 Å². The Kier molecular flexibility index (Phi) is 4.40. The van der Waals surface area contributed by atoms with E-state index in [4.69, 9.17) is 4.74 Å². The van der Waals surface area contributed by atoms with Gasteiger partial charge >= 0.3 is 5.97 Å². The van der Waals surface area contributed by atoms with Gasteiger partial charge in [-0.2, -0.15) is 0 Å². The summed E-state index contributed by atoms with van der Waals surface area (Å²) in [5, 5.41) is -0.305. The summed E-state index contributed by atoms with van der Waals surface area (Å²) >= 11 is 0. The minimum atomic E-state index is -0.305. The Morgan fingerprint density at radius 3 is 2.19 bits per heavy atom. The number of rotatable bonds is 4. The van der Waals surface area contributed by atoms with Crippen LogP contribution in [0.3, 0.4) is 0 Å². The van der Waals surface area contributed by atoms with Gasteiger partial charge in [-0.25, -0.2) is 0 Å². The average molecular weight is 244 g/mol. The normalized spacial score (nSPS) is 20.1. The van der Waals surface area contributed by atoms with Gasteiger partial charge in [-0.3, -0.25) is 4.79 Å². The Hall–Kier alpha value is -0.100. The molecule has 1 rings (SSSR count). The quantitative estimate of drug-likeness (QED) is 0.556. The van der Waals surface area contributed by atoms with Gasteiger partial charge in [0.2, 0.25) is 0 Å². The third-order valence-electron chi connectivity index (χ3n) is 4.09. The minimum absolute atomic E-state index is 0.00682. The number of carbonyl (C=O) groups is 1. The molecule has 0 spiro atoms. The summed E-state index contributed by atoms with van der Waals surface area (Å²) in [6, 6.07) is 0. The van der Waals surface area contributed by atoms with Gasteiger partial charge in [0.15, 0.2) is 0 Å². The molecule has 16 heavy (non-hydrogen) atoms. The Bertz CT molecular complexity index is 253. The molecule has 0 unspecified atom stereocenters. The summed E-state index contributed by atoms with van der Waals surface area (Å²) in [5.74, 6) is 0.00682. The number of ether oxygens (including phenoxy) is 1. The lowest BCUT2D eigenvalue weighted by molar-refractivity contribution is -0.162. The number of hydrogen-bond donors (Lipinski definition) is 0. The van der Waals surface area contributed by atoms with E-state index in [0.29, 0.717) is 0 Å². The molecule has 0 saturated heterocycles. The fraction of sp³-hybridized carbons (Fsp3) is 0.923. The molecule has 0 atom stereocenters. The van der Waals surface area contributed by atoms with Gasteiger partial charge in [0, 0.05) is 0 Å². The van der Waals surface area contributed by atoms with Gasteiger partial charge in [-0.05, 0) is 59.3 Å². The number of esters is 1. The van der Waals surface area contributed by atoms with Crippen molar-refractivity contribution in [2.45, 2.75) is 63.6 Å². The van der Waals surface area contributed by atoms with Crippen LogP contribution in [0.4, 0.5) is 0 Å². The van der Waals surface area contributed by atoms with E-state index >= 15 is 0 Å². The first-order valence-electron chi connectivity index (χ1n) is 6.25. The second-order valence-corrected chi connectivity index (χ2v) is 8.49. The molecule has 0 heterocycles. The maximum absolute atomic E-state index is 12.2. The molecule has 0 amide bonds. The monoisotopic (exact) mass is 244 g/mol. The molecule has 1 saturated carbocycles. The lowest BCUT2D eigenvalue weighted by atomic mass is 9.98. The summed E-state index contributed by atoms with van der Waals surface area (Å²) < 4.78 is 5.85. The van der Waals surface area contributed by atoms with E-state index in [2.05, 4.69) is 20.3 Å². The van der Waals surface area contributed by atoms with Gasteiger partial charge in [-0.1, -0.05) is 14.8 Å². The molecule has 0 aromatic rings. The second-order valence-electron chi connectivity index (χ2n) is 5.59. The van der Waals surface area contributed by atoms with Crippen molar-refractivity contribution in [3.8, 4) is 0 Å². The van der Waals surface area contributed by atoms with Crippen molar-refractivity contribution in [2.24, 2.45) is 0 Å². The second kappa shape index (κ2) is 5.04. The zero-order chi connectivity index (χ0) is 12.4. The topological polar surface area (TPSA) is 26.3 Å². The van der Waals surface area contributed by atoms with E-state index in [9.17, 15) is 4.79 Å². The molecule has 0 aromatic carbocycles. The molecule has 1 fully saturated rings. The van der Waals surface area contributed by atoms with Crippen molar-refractivity contribution in [1.29, 1.82) is 0 Å². The predicted molar refractivity (Wildman–Crippen MR) is 70.4 cm³/mol. The first-order chi connectivity index (χ1) is 7.34. The van der Waals surface area contributed by atoms with Gasteiger partial charge in [0.1, 0.15) is 5.60 Å². The fourth-order valence-electron chi connectivity index (χ4n) is 2.05. The Morgan fingerprint density at radius 2 is 1.81 bits per heavy atom. The van der Waals surface area contributed by atoms with Crippen molar-refractivity contribution >= 4 is 13.9 Å². The molecular weight excluding hydrogens is 219 g/mol. The van der Waals surface area contributed by atoms with Crippen LogP contribution in [-0.4, -0.2) is 30.1 Å². The molecule has 94 valence electrons. The van der Waals surface area contributed by atoms with E-state index < -0.39 is 0 Å². The van der Waals surface area contributed by atoms with Crippen LogP contribution in [0.1, 0.15) is 52.9 Å². The fourth-order valence-corrected chi connectivity index (χ4v) is 2.46. The maximum Gasteiger partial charge on any atom is 0.316 e. The summed E-state index contributed by atoms with van der Waals surface area (Å²) in [6.07, 6.45) is 5.47. The van der Waals surface area contributed by atoms with Crippen LogP contribution in [0.25, 0.3) is 0 Å². The van der Waals surface area contributed by atoms with Crippen LogP contribution >= 0.6 is 7.92 Å². The Balaban J connectivity index is 2.69. The Morgan fingerprint density at radius 1 is 1.31 bits per heavy atom. The number of carbonyl (C=O) groups excluding carboxylic acids is 1. The van der Waals surface area contributed by atoms with Gasteiger partial charge in [-0.15, -0.1) is 0 Å². The molecule has 0 radical (unpaired) electrons. The molecule has 0 N–H and O–H groups in total. The smallest absolute Gasteiger partial charge is 0.316 e. The SMILES string of the molecule is CCC1(OC(=O)C(C)(C)P(C)C)CCCC1. The predicted octanol–water partition coefficient (Wildman–Crippen LogP) is 3.77. The summed E-state index contributed by atoms with van der Waals surface area (Å²) in [4.78, 5) is 12.2. The van der Waals surface area contributed by atoms with Gasteiger partial charge in [0.25, 0.3) is 0 Å². The zero-order valence-electron chi connectivity index (χ0n) is 11.3. The highest BCUT2D eigenvalue weighted by Gasteiger charge is 2.41. The third-order valence-corrected chi connectivity index (χ3v) is 6.50. The largest absolute Gasteiger partial charge is 0.458 e. The lowest BCUT2D eigenvalue weighted by Gasteiger charge is -2.34. The Labute approximate surface area is 101 Å². The van der Waals surface area contributed by atoms with E-state index in [1.807, 2.05) is 13.8 Å².